The molecule has 0 amide bonds. The van der Waals surface area contributed by atoms with Crippen LogP contribution in [0.25, 0.3) is 0 Å². The Hall–Kier alpha value is -2.04. The van der Waals surface area contributed by atoms with Crippen LogP contribution in [-0.2, 0) is 32.8 Å². The average molecular weight is 827 g/mol. The molecule has 0 radical (unpaired) electrons. The van der Waals surface area contributed by atoms with Crippen molar-refractivity contribution >= 4 is 11.9 Å². The van der Waals surface area contributed by atoms with Crippen molar-refractivity contribution in [3.05, 3.63) is 28.8 Å². The molecule has 5 heteroatoms. The van der Waals surface area contributed by atoms with Gasteiger partial charge in [-0.1, -0.05) is 233 Å². The third kappa shape index (κ3) is 29.0. The number of aryl methyl sites for hydroxylation is 2. The van der Waals surface area contributed by atoms with E-state index in [0.29, 0.717) is 18.6 Å². The van der Waals surface area contributed by atoms with E-state index in [0.717, 1.165) is 80.9 Å². The van der Waals surface area contributed by atoms with Crippen LogP contribution < -0.4 is 0 Å². The molecule has 0 fully saturated rings. The molecular formula is C54H98O5. The van der Waals surface area contributed by atoms with Crippen LogP contribution >= 0.6 is 0 Å². The van der Waals surface area contributed by atoms with Gasteiger partial charge in [0.25, 0.3) is 0 Å². The van der Waals surface area contributed by atoms with Crippen molar-refractivity contribution in [2.24, 2.45) is 0 Å². The molecule has 344 valence electrons. The molecule has 5 nitrogen and oxygen atoms in total. The number of aromatic hydroxyl groups is 1. The van der Waals surface area contributed by atoms with Gasteiger partial charge in [-0.25, -0.2) is 0 Å². The van der Waals surface area contributed by atoms with E-state index in [4.69, 9.17) is 4.74 Å². The molecule has 0 spiro atoms. The van der Waals surface area contributed by atoms with Crippen molar-refractivity contribution < 1.29 is 24.5 Å². The number of rotatable bonds is 44. The lowest BCUT2D eigenvalue weighted by Crippen LogP contribution is -2.34. The third-order valence-electron chi connectivity index (χ3n) is 12.9. The number of carboxylic acid groups (broad SMARTS) is 1. The van der Waals surface area contributed by atoms with Gasteiger partial charge in [-0.2, -0.15) is 0 Å². The smallest absolute Gasteiger partial charge is 0.318 e. The number of ether oxygens (including phenoxy) is 1. The lowest BCUT2D eigenvalue weighted by atomic mass is 9.80. The van der Waals surface area contributed by atoms with Crippen LogP contribution in [0.4, 0.5) is 0 Å². The van der Waals surface area contributed by atoms with E-state index in [-0.39, 0.29) is 0 Å². The van der Waals surface area contributed by atoms with Gasteiger partial charge >= 0.3 is 11.9 Å². The fourth-order valence-electron chi connectivity index (χ4n) is 9.01. The van der Waals surface area contributed by atoms with Gasteiger partial charge in [0.15, 0.2) is 0 Å². The molecule has 0 unspecified atom stereocenters. The highest BCUT2D eigenvalue weighted by Gasteiger charge is 2.37. The average Bonchev–Trinajstić information content (AvgIpc) is 3.22. The molecule has 1 aromatic carbocycles. The minimum absolute atomic E-state index is 0.395. The number of benzene rings is 1. The normalized spacial score (nSPS) is 11.7. The summed E-state index contributed by atoms with van der Waals surface area (Å²) < 4.78 is 6.44. The first-order valence-electron chi connectivity index (χ1n) is 26.1. The van der Waals surface area contributed by atoms with Gasteiger partial charge in [-0.3, -0.25) is 9.59 Å². The van der Waals surface area contributed by atoms with Crippen LogP contribution in [0, 0.1) is 0 Å². The number of phenolic OH excluding ortho intramolecular Hbond substituents is 1. The zero-order chi connectivity index (χ0) is 43.1. The van der Waals surface area contributed by atoms with Crippen molar-refractivity contribution in [3.63, 3.8) is 0 Å². The second kappa shape index (κ2) is 38.9. The van der Waals surface area contributed by atoms with Crippen molar-refractivity contribution in [1.29, 1.82) is 0 Å². The van der Waals surface area contributed by atoms with Gasteiger partial charge in [0, 0.05) is 0 Å². The Morgan fingerprint density at radius 3 is 0.983 bits per heavy atom. The SMILES string of the molecule is CCCCCCCCCCCCCCCCCCC(CCCCCCCCCCCCCCCCCC)(OC(=O)CC(=O)O)c1cc(CCCC)c(O)c(CCCC)c1. The van der Waals surface area contributed by atoms with Crippen LogP contribution in [0.5, 0.6) is 5.75 Å². The summed E-state index contributed by atoms with van der Waals surface area (Å²) in [5.41, 5.74) is 1.96. The highest BCUT2D eigenvalue weighted by molar-refractivity contribution is 5.90. The Morgan fingerprint density at radius 1 is 0.441 bits per heavy atom. The molecule has 0 aliphatic heterocycles. The number of esters is 1. The number of carbonyl (C=O) groups excluding carboxylic acids is 1. The van der Waals surface area contributed by atoms with E-state index in [1.807, 2.05) is 0 Å². The van der Waals surface area contributed by atoms with Gasteiger partial charge in [-0.05, 0) is 80.2 Å². The summed E-state index contributed by atoms with van der Waals surface area (Å²) >= 11 is 0. The molecule has 0 aliphatic rings. The second-order valence-corrected chi connectivity index (χ2v) is 18.5. The zero-order valence-electron chi connectivity index (χ0n) is 39.8. The third-order valence-corrected chi connectivity index (χ3v) is 12.9. The van der Waals surface area contributed by atoms with Crippen LogP contribution in [0.15, 0.2) is 12.1 Å². The van der Waals surface area contributed by atoms with E-state index < -0.39 is 24.0 Å². The van der Waals surface area contributed by atoms with Crippen LogP contribution in [0.2, 0.25) is 0 Å². The lowest BCUT2D eigenvalue weighted by molar-refractivity contribution is -0.167. The number of carbonyl (C=O) groups is 2. The molecule has 0 aromatic heterocycles. The Bertz CT molecular complexity index is 1060. The predicted octanol–water partition coefficient (Wildman–Crippen LogP) is 17.6. The molecule has 1 aromatic rings. The van der Waals surface area contributed by atoms with Crippen molar-refractivity contribution in [3.8, 4) is 5.75 Å². The topological polar surface area (TPSA) is 83.8 Å². The van der Waals surface area contributed by atoms with E-state index in [1.165, 1.54) is 180 Å². The number of phenols is 1. The summed E-state index contributed by atoms with van der Waals surface area (Å²) in [6.45, 7) is 8.91. The first kappa shape index (κ1) is 55.0. The molecule has 0 heterocycles. The summed E-state index contributed by atoms with van der Waals surface area (Å²) in [6.07, 6.45) is 48.1. The maximum absolute atomic E-state index is 13.3. The summed E-state index contributed by atoms with van der Waals surface area (Å²) in [6, 6.07) is 4.21. The number of hydrogen-bond donors (Lipinski definition) is 2. The summed E-state index contributed by atoms with van der Waals surface area (Å²) in [5, 5.41) is 21.0. The highest BCUT2D eigenvalue weighted by Crippen LogP contribution is 2.41. The van der Waals surface area contributed by atoms with E-state index in [1.54, 1.807) is 0 Å². The summed E-state index contributed by atoms with van der Waals surface area (Å²) in [4.78, 5) is 25.0. The molecular weight excluding hydrogens is 729 g/mol. The van der Waals surface area contributed by atoms with Crippen molar-refractivity contribution in [2.45, 2.75) is 297 Å². The number of unbranched alkanes of at least 4 members (excludes halogenated alkanes) is 32. The Labute approximate surface area is 366 Å². The zero-order valence-corrected chi connectivity index (χ0v) is 39.8. The molecule has 0 saturated carbocycles. The molecule has 0 aliphatic carbocycles. The number of aliphatic carboxylic acids is 1. The minimum Gasteiger partial charge on any atom is -0.507 e. The largest absolute Gasteiger partial charge is 0.507 e. The van der Waals surface area contributed by atoms with Crippen LogP contribution in [0.1, 0.15) is 295 Å². The van der Waals surface area contributed by atoms with Gasteiger partial charge in [-0.15, -0.1) is 0 Å². The molecule has 0 saturated heterocycles. The van der Waals surface area contributed by atoms with Gasteiger partial charge in [0.2, 0.25) is 0 Å². The molecule has 0 bridgehead atoms. The number of carboxylic acids is 1. The Morgan fingerprint density at radius 2 is 0.712 bits per heavy atom. The number of hydrogen-bond acceptors (Lipinski definition) is 4. The van der Waals surface area contributed by atoms with Gasteiger partial charge < -0.3 is 14.9 Å². The maximum Gasteiger partial charge on any atom is 0.318 e. The lowest BCUT2D eigenvalue weighted by Gasteiger charge is -2.35. The summed E-state index contributed by atoms with van der Waals surface area (Å²) in [7, 11) is 0. The monoisotopic (exact) mass is 827 g/mol. The standard InChI is InChI=1S/C54H98O5/c1-5-9-13-15-17-19-21-23-25-27-29-31-33-35-37-39-43-54(59-52(57)47-51(55)56,50-45-48(41-11-7-3)53(58)49(46-50)42-12-8-4)44-40-38-36-34-32-30-28-26-24-22-20-18-16-14-10-6-2/h45-46,58H,5-44,47H2,1-4H3,(H,55,56). The van der Waals surface area contributed by atoms with Crippen LogP contribution in [-0.4, -0.2) is 22.2 Å². The Kier molecular flexibility index (Phi) is 36.2. The van der Waals surface area contributed by atoms with Gasteiger partial charge in [0.05, 0.1) is 0 Å². The van der Waals surface area contributed by atoms with Gasteiger partial charge in [0.1, 0.15) is 17.8 Å². The minimum atomic E-state index is -1.15. The first-order chi connectivity index (χ1) is 28.8. The molecule has 59 heavy (non-hydrogen) atoms. The molecule has 2 N–H and O–H groups in total. The van der Waals surface area contributed by atoms with E-state index >= 15 is 0 Å². The second-order valence-electron chi connectivity index (χ2n) is 18.5. The van der Waals surface area contributed by atoms with E-state index in [9.17, 15) is 19.8 Å². The first-order valence-corrected chi connectivity index (χ1v) is 26.1. The van der Waals surface area contributed by atoms with Crippen LogP contribution in [0.3, 0.4) is 0 Å². The quantitative estimate of drug-likeness (QED) is 0.0389. The molecule has 1 rings (SSSR count). The fraction of sp³-hybridized carbons (Fsp3) is 0.852. The van der Waals surface area contributed by atoms with Crippen molar-refractivity contribution in [2.75, 3.05) is 0 Å². The predicted molar refractivity (Wildman–Crippen MR) is 254 cm³/mol. The van der Waals surface area contributed by atoms with Crippen molar-refractivity contribution in [1.82, 2.24) is 0 Å². The summed E-state index contributed by atoms with van der Waals surface area (Å²) in [5.74, 6) is -1.40. The van der Waals surface area contributed by atoms with E-state index in [2.05, 4.69) is 39.8 Å². The Balaban J connectivity index is 2.86. The molecule has 0 atom stereocenters. The fourth-order valence-corrected chi connectivity index (χ4v) is 9.01. The highest BCUT2D eigenvalue weighted by atomic mass is 16.6. The maximum atomic E-state index is 13.3.